The van der Waals surface area contributed by atoms with Gasteiger partial charge in [-0.3, -0.25) is 4.79 Å². The van der Waals surface area contributed by atoms with Gasteiger partial charge in [0.05, 0.1) is 18.4 Å². The first-order chi connectivity index (χ1) is 17.2. The van der Waals surface area contributed by atoms with E-state index in [-0.39, 0.29) is 18.0 Å². The largest absolute Gasteiger partial charge is 0.490 e. The molecule has 1 amide bonds. The maximum Gasteiger partial charge on any atom is 0.416 e. The van der Waals surface area contributed by atoms with E-state index in [1.165, 1.54) is 24.4 Å². The predicted octanol–water partition coefficient (Wildman–Crippen LogP) is 6.31. The summed E-state index contributed by atoms with van der Waals surface area (Å²) in [6.07, 6.45) is -1.08. The molecule has 0 saturated carbocycles. The van der Waals surface area contributed by atoms with Crippen molar-refractivity contribution in [1.82, 2.24) is 5.43 Å². The molecule has 0 spiro atoms. The number of hydrogen-bond donors (Lipinski definition) is 1. The van der Waals surface area contributed by atoms with Gasteiger partial charge in [0.25, 0.3) is 5.91 Å². The molecule has 0 unspecified atom stereocenters. The van der Waals surface area contributed by atoms with Crippen LogP contribution in [-0.2, 0) is 19.2 Å². The van der Waals surface area contributed by atoms with Crippen LogP contribution < -0.4 is 14.9 Å². The van der Waals surface area contributed by atoms with Crippen LogP contribution >= 0.6 is 0 Å². The average Bonchev–Trinajstić information content (AvgIpc) is 2.84. The molecule has 1 N–H and O–H groups in total. The molecule has 3 rings (SSSR count). The van der Waals surface area contributed by atoms with Gasteiger partial charge in [-0.25, -0.2) is 9.82 Å². The number of nitrogens with zero attached hydrogens (tertiary/aromatic N) is 1. The summed E-state index contributed by atoms with van der Waals surface area (Å²) in [6, 6.07) is 13.4. The first-order valence-corrected chi connectivity index (χ1v) is 11.0. The van der Waals surface area contributed by atoms with Crippen LogP contribution in [0.15, 0.2) is 78.4 Å². The molecule has 0 bridgehead atoms. The third kappa shape index (κ3) is 7.18. The summed E-state index contributed by atoms with van der Waals surface area (Å²) in [6.45, 7) is 6.12. The molecule has 3 aromatic carbocycles. The lowest BCUT2D eigenvalue weighted by Crippen LogP contribution is -2.18. The molecule has 0 heterocycles. The van der Waals surface area contributed by atoms with E-state index in [2.05, 4.69) is 17.1 Å². The molecule has 9 heteroatoms. The topological polar surface area (TPSA) is 59.9 Å². The molecule has 36 heavy (non-hydrogen) atoms. The Hall–Kier alpha value is -4.14. The van der Waals surface area contributed by atoms with Crippen LogP contribution in [0.5, 0.6) is 11.5 Å². The van der Waals surface area contributed by atoms with E-state index in [1.54, 1.807) is 30.3 Å². The minimum atomic E-state index is -4.56. The molecule has 0 aliphatic heterocycles. The van der Waals surface area contributed by atoms with Crippen LogP contribution in [0.2, 0.25) is 0 Å². The van der Waals surface area contributed by atoms with Crippen molar-refractivity contribution in [3.8, 4) is 11.5 Å². The fraction of sp³-hybridized carbons (Fsp3) is 0.185. The zero-order valence-corrected chi connectivity index (χ0v) is 19.4. The molecule has 5 nitrogen and oxygen atoms in total. The zero-order valence-electron chi connectivity index (χ0n) is 19.4. The molecule has 0 saturated heterocycles. The van der Waals surface area contributed by atoms with Crippen molar-refractivity contribution in [1.29, 1.82) is 0 Å². The Bertz CT molecular complexity index is 1240. The number of carbonyl (C=O) groups is 1. The lowest BCUT2D eigenvalue weighted by atomic mass is 10.1. The number of hydrogen-bond acceptors (Lipinski definition) is 4. The van der Waals surface area contributed by atoms with E-state index in [4.69, 9.17) is 9.47 Å². The molecular weight excluding hydrogens is 476 g/mol. The first kappa shape index (κ1) is 26.5. The molecule has 0 radical (unpaired) electrons. The van der Waals surface area contributed by atoms with Gasteiger partial charge in [0.1, 0.15) is 12.4 Å². The van der Waals surface area contributed by atoms with E-state index in [1.807, 2.05) is 6.92 Å². The minimum Gasteiger partial charge on any atom is -0.490 e. The van der Waals surface area contributed by atoms with E-state index >= 15 is 0 Å². The SMILES string of the molecule is C=CCc1cc(/C=N\NC(=O)c2cccc(C(F)(F)F)c2)cc(OCC)c1OCc1ccc(F)cc1. The van der Waals surface area contributed by atoms with Gasteiger partial charge >= 0.3 is 6.18 Å². The number of benzene rings is 3. The van der Waals surface area contributed by atoms with Crippen LogP contribution in [0.25, 0.3) is 0 Å². The van der Waals surface area contributed by atoms with Gasteiger partial charge in [0.15, 0.2) is 11.5 Å². The van der Waals surface area contributed by atoms with E-state index in [9.17, 15) is 22.4 Å². The van der Waals surface area contributed by atoms with Crippen molar-refractivity contribution >= 4 is 12.1 Å². The van der Waals surface area contributed by atoms with E-state index < -0.39 is 17.6 Å². The van der Waals surface area contributed by atoms with Crippen molar-refractivity contribution in [2.24, 2.45) is 5.10 Å². The van der Waals surface area contributed by atoms with Crippen LogP contribution in [0.4, 0.5) is 17.6 Å². The summed E-state index contributed by atoms with van der Waals surface area (Å²) in [5, 5.41) is 3.88. The Morgan fingerprint density at radius 2 is 1.83 bits per heavy atom. The number of amides is 1. The number of allylic oxidation sites excluding steroid dienone is 1. The van der Waals surface area contributed by atoms with Gasteiger partial charge in [0, 0.05) is 11.1 Å². The molecule has 3 aromatic rings. The predicted molar refractivity (Wildman–Crippen MR) is 129 cm³/mol. The van der Waals surface area contributed by atoms with Gasteiger partial charge in [-0.15, -0.1) is 6.58 Å². The average molecular weight is 500 g/mol. The maximum absolute atomic E-state index is 13.2. The second-order valence-electron chi connectivity index (χ2n) is 7.63. The van der Waals surface area contributed by atoms with Gasteiger partial charge in [-0.2, -0.15) is 18.3 Å². The highest BCUT2D eigenvalue weighted by Crippen LogP contribution is 2.34. The van der Waals surface area contributed by atoms with Gasteiger partial charge in [0.2, 0.25) is 0 Å². The fourth-order valence-electron chi connectivity index (χ4n) is 3.29. The van der Waals surface area contributed by atoms with Crippen molar-refractivity contribution < 1.29 is 31.8 Å². The highest BCUT2D eigenvalue weighted by Gasteiger charge is 2.30. The van der Waals surface area contributed by atoms with Crippen molar-refractivity contribution in [3.63, 3.8) is 0 Å². The first-order valence-electron chi connectivity index (χ1n) is 11.0. The molecular formula is C27H24F4N2O3. The summed E-state index contributed by atoms with van der Waals surface area (Å²) in [7, 11) is 0. The van der Waals surface area contributed by atoms with E-state index in [0.717, 1.165) is 29.3 Å². The third-order valence-corrected chi connectivity index (χ3v) is 4.95. The summed E-state index contributed by atoms with van der Waals surface area (Å²) in [4.78, 5) is 12.3. The second-order valence-corrected chi connectivity index (χ2v) is 7.63. The molecule has 0 aromatic heterocycles. The Balaban J connectivity index is 1.79. The van der Waals surface area contributed by atoms with Crippen LogP contribution in [0.1, 0.15) is 39.5 Å². The third-order valence-electron chi connectivity index (χ3n) is 4.95. The Kier molecular flexibility index (Phi) is 8.83. The quantitative estimate of drug-likeness (QED) is 0.154. The number of hydrazone groups is 1. The highest BCUT2D eigenvalue weighted by atomic mass is 19.4. The molecule has 0 atom stereocenters. The number of halogens is 4. The normalized spacial score (nSPS) is 11.4. The second kappa shape index (κ2) is 12.0. The Labute approximate surface area is 206 Å². The molecule has 0 aliphatic rings. The van der Waals surface area contributed by atoms with Crippen molar-refractivity contribution in [2.45, 2.75) is 26.1 Å². The highest BCUT2D eigenvalue weighted by molar-refractivity contribution is 5.95. The number of ether oxygens (including phenoxy) is 2. The standard InChI is InChI=1S/C27H24F4N2O3/c1-3-6-20-13-19(16-32-33-26(34)21-7-5-8-22(15-21)27(29,30)31)14-24(35-4-2)25(20)36-17-18-9-11-23(28)12-10-18/h3,5,7-16H,1,4,6,17H2,2H3,(H,33,34)/b32-16-. The van der Waals surface area contributed by atoms with E-state index in [0.29, 0.717) is 30.1 Å². The summed E-state index contributed by atoms with van der Waals surface area (Å²) in [5.41, 5.74) is 3.21. The molecule has 0 fully saturated rings. The molecule has 0 aliphatic carbocycles. The minimum absolute atomic E-state index is 0.172. The Morgan fingerprint density at radius 1 is 1.08 bits per heavy atom. The number of rotatable bonds is 10. The number of nitrogens with one attached hydrogen (secondary N) is 1. The summed E-state index contributed by atoms with van der Waals surface area (Å²) >= 11 is 0. The van der Waals surface area contributed by atoms with Gasteiger partial charge in [-0.05, 0) is 66.9 Å². The zero-order chi connectivity index (χ0) is 26.1. The lowest BCUT2D eigenvalue weighted by molar-refractivity contribution is -0.137. The van der Waals surface area contributed by atoms with Crippen LogP contribution in [0, 0.1) is 5.82 Å². The van der Waals surface area contributed by atoms with Crippen molar-refractivity contribution in [3.05, 3.63) is 107 Å². The fourth-order valence-corrected chi connectivity index (χ4v) is 3.29. The Morgan fingerprint density at radius 3 is 2.50 bits per heavy atom. The number of carbonyl (C=O) groups excluding carboxylic acids is 1. The number of alkyl halides is 3. The van der Waals surface area contributed by atoms with Crippen LogP contribution in [0.3, 0.4) is 0 Å². The summed E-state index contributed by atoms with van der Waals surface area (Å²) in [5.74, 6) is -0.200. The van der Waals surface area contributed by atoms with Gasteiger partial charge in [-0.1, -0.05) is 24.3 Å². The maximum atomic E-state index is 13.2. The monoisotopic (exact) mass is 500 g/mol. The molecule has 188 valence electrons. The summed E-state index contributed by atoms with van der Waals surface area (Å²) < 4.78 is 63.6. The van der Waals surface area contributed by atoms with Crippen molar-refractivity contribution in [2.75, 3.05) is 6.61 Å². The van der Waals surface area contributed by atoms with Crippen LogP contribution in [-0.4, -0.2) is 18.7 Å². The van der Waals surface area contributed by atoms with Gasteiger partial charge < -0.3 is 9.47 Å². The lowest BCUT2D eigenvalue weighted by Gasteiger charge is -2.17. The smallest absolute Gasteiger partial charge is 0.416 e.